The minimum absolute atomic E-state index is 0.0609. The summed E-state index contributed by atoms with van der Waals surface area (Å²) in [7, 11) is 3.58. The van der Waals surface area contributed by atoms with Crippen LogP contribution in [-0.2, 0) is 23.1 Å². The number of carbonyl (C=O) groups excluding carboxylic acids is 2. The third kappa shape index (κ3) is 6.22. The molecule has 27 heavy (non-hydrogen) atoms. The molecule has 2 heterocycles. The van der Waals surface area contributed by atoms with Gasteiger partial charge in [-0.05, 0) is 30.0 Å². The molecule has 2 rings (SSSR count). The summed E-state index contributed by atoms with van der Waals surface area (Å²) in [6, 6.07) is 7.63. The first-order valence-corrected chi connectivity index (χ1v) is 10.1. The zero-order chi connectivity index (χ0) is 19.6. The minimum atomic E-state index is -0.0719. The van der Waals surface area contributed by atoms with Gasteiger partial charge in [-0.1, -0.05) is 19.4 Å². The van der Waals surface area contributed by atoms with Gasteiger partial charge in [0.1, 0.15) is 6.54 Å². The van der Waals surface area contributed by atoms with Crippen LogP contribution >= 0.6 is 11.3 Å². The molecule has 2 amide bonds. The molecule has 0 aromatic carbocycles. The third-order valence-electron chi connectivity index (χ3n) is 4.45. The van der Waals surface area contributed by atoms with Gasteiger partial charge in [0.05, 0.1) is 18.0 Å². The van der Waals surface area contributed by atoms with Gasteiger partial charge < -0.3 is 19.1 Å². The molecule has 0 N–H and O–H groups in total. The summed E-state index contributed by atoms with van der Waals surface area (Å²) in [5.74, 6) is -0.133. The van der Waals surface area contributed by atoms with Crippen LogP contribution < -0.4 is 0 Å². The Morgan fingerprint density at radius 1 is 1.19 bits per heavy atom. The average molecular weight is 392 g/mol. The van der Waals surface area contributed by atoms with E-state index in [9.17, 15) is 9.59 Å². The SMILES string of the molecule is CCCCN(CC(=O)N(CCOC)Cc1cccn1C)C(=O)c1cccs1. The van der Waals surface area contributed by atoms with Crippen molar-refractivity contribution >= 4 is 23.2 Å². The second-order valence-electron chi connectivity index (χ2n) is 6.48. The highest BCUT2D eigenvalue weighted by molar-refractivity contribution is 7.12. The Morgan fingerprint density at radius 2 is 2.00 bits per heavy atom. The zero-order valence-corrected chi connectivity index (χ0v) is 17.2. The molecule has 0 fully saturated rings. The van der Waals surface area contributed by atoms with Gasteiger partial charge in [-0.2, -0.15) is 0 Å². The highest BCUT2D eigenvalue weighted by Gasteiger charge is 2.23. The molecular weight excluding hydrogens is 362 g/mol. The summed E-state index contributed by atoms with van der Waals surface area (Å²) in [6.07, 6.45) is 3.81. The van der Waals surface area contributed by atoms with E-state index in [0.29, 0.717) is 31.1 Å². The first-order chi connectivity index (χ1) is 13.1. The second kappa shape index (κ2) is 10.9. The summed E-state index contributed by atoms with van der Waals surface area (Å²) < 4.78 is 7.17. The maximum Gasteiger partial charge on any atom is 0.264 e. The van der Waals surface area contributed by atoms with Gasteiger partial charge in [0, 0.05) is 39.1 Å². The highest BCUT2D eigenvalue weighted by atomic mass is 32.1. The third-order valence-corrected chi connectivity index (χ3v) is 5.31. The molecule has 2 aromatic rings. The maximum atomic E-state index is 13.0. The van der Waals surface area contributed by atoms with Crippen molar-refractivity contribution in [1.29, 1.82) is 0 Å². The molecule has 0 unspecified atom stereocenters. The summed E-state index contributed by atoms with van der Waals surface area (Å²) >= 11 is 1.41. The highest BCUT2D eigenvalue weighted by Crippen LogP contribution is 2.14. The molecule has 0 saturated carbocycles. The van der Waals surface area contributed by atoms with E-state index < -0.39 is 0 Å². The number of hydrogen-bond acceptors (Lipinski definition) is 4. The molecule has 0 spiro atoms. The molecule has 0 aliphatic heterocycles. The molecule has 0 bridgehead atoms. The number of unbranched alkanes of at least 4 members (excludes halogenated alkanes) is 1. The molecule has 0 aliphatic carbocycles. The van der Waals surface area contributed by atoms with Crippen LogP contribution in [0.5, 0.6) is 0 Å². The number of rotatable bonds is 11. The van der Waals surface area contributed by atoms with Gasteiger partial charge in [0.2, 0.25) is 5.91 Å². The lowest BCUT2D eigenvalue weighted by molar-refractivity contribution is -0.133. The molecule has 0 atom stereocenters. The number of thiophene rings is 1. The minimum Gasteiger partial charge on any atom is -0.383 e. The van der Waals surface area contributed by atoms with Gasteiger partial charge >= 0.3 is 0 Å². The molecule has 7 heteroatoms. The van der Waals surface area contributed by atoms with Crippen molar-refractivity contribution < 1.29 is 14.3 Å². The van der Waals surface area contributed by atoms with Crippen molar-refractivity contribution in [3.8, 4) is 0 Å². The number of aromatic nitrogens is 1. The number of methoxy groups -OCH3 is 1. The number of hydrogen-bond donors (Lipinski definition) is 0. The summed E-state index contributed by atoms with van der Waals surface area (Å²) in [4.78, 5) is 29.9. The maximum absolute atomic E-state index is 13.0. The Bertz CT molecular complexity index is 712. The topological polar surface area (TPSA) is 54.8 Å². The first kappa shape index (κ1) is 21.2. The smallest absolute Gasteiger partial charge is 0.264 e. The van der Waals surface area contributed by atoms with E-state index in [-0.39, 0.29) is 18.4 Å². The van der Waals surface area contributed by atoms with Gasteiger partial charge in [-0.3, -0.25) is 9.59 Å². The number of ether oxygens (including phenoxy) is 1. The normalized spacial score (nSPS) is 10.8. The summed E-state index contributed by atoms with van der Waals surface area (Å²) in [5, 5.41) is 1.88. The first-order valence-electron chi connectivity index (χ1n) is 9.26. The van der Waals surface area contributed by atoms with Crippen molar-refractivity contribution in [2.24, 2.45) is 7.05 Å². The van der Waals surface area contributed by atoms with E-state index in [0.717, 1.165) is 18.5 Å². The van der Waals surface area contributed by atoms with Gasteiger partial charge in [0.15, 0.2) is 0 Å². The Labute approximate surface area is 165 Å². The van der Waals surface area contributed by atoms with Gasteiger partial charge in [0.25, 0.3) is 5.91 Å². The standard InChI is InChI=1S/C20H29N3O3S/c1-4-5-11-23(20(25)18-9-7-14-27-18)16-19(24)22(12-13-26-3)15-17-8-6-10-21(17)2/h6-10,14H,4-5,11-13,15-16H2,1-3H3. The number of nitrogens with zero attached hydrogens (tertiary/aromatic N) is 3. The van der Waals surface area contributed by atoms with E-state index in [2.05, 4.69) is 6.92 Å². The predicted molar refractivity (Wildman–Crippen MR) is 108 cm³/mol. The van der Waals surface area contributed by atoms with Gasteiger partial charge in [-0.25, -0.2) is 0 Å². The van der Waals surface area contributed by atoms with Crippen LogP contribution in [0.3, 0.4) is 0 Å². The lowest BCUT2D eigenvalue weighted by atomic mass is 10.2. The number of carbonyl (C=O) groups is 2. The molecule has 0 radical (unpaired) electrons. The van der Waals surface area contributed by atoms with Crippen LogP contribution in [0.2, 0.25) is 0 Å². The van der Waals surface area contributed by atoms with Crippen molar-refractivity contribution in [3.05, 3.63) is 46.4 Å². The van der Waals surface area contributed by atoms with Crippen molar-refractivity contribution in [1.82, 2.24) is 14.4 Å². The summed E-state index contributed by atoms with van der Waals surface area (Å²) in [5.41, 5.74) is 1.05. The molecule has 2 aromatic heterocycles. The molecule has 6 nitrogen and oxygen atoms in total. The van der Waals surface area contributed by atoms with Crippen molar-refractivity contribution in [3.63, 3.8) is 0 Å². The van der Waals surface area contributed by atoms with Crippen LogP contribution in [0.4, 0.5) is 0 Å². The second-order valence-corrected chi connectivity index (χ2v) is 7.42. The molecular formula is C20H29N3O3S. The Hall–Kier alpha value is -2.12. The number of amides is 2. The zero-order valence-electron chi connectivity index (χ0n) is 16.4. The number of aryl methyl sites for hydroxylation is 1. The van der Waals surface area contributed by atoms with Crippen LogP contribution in [0.1, 0.15) is 35.1 Å². The molecule has 148 valence electrons. The summed E-state index contributed by atoms with van der Waals surface area (Å²) in [6.45, 7) is 4.21. The van der Waals surface area contributed by atoms with E-state index >= 15 is 0 Å². The van der Waals surface area contributed by atoms with Crippen LogP contribution in [0, 0.1) is 0 Å². The van der Waals surface area contributed by atoms with E-state index in [1.54, 1.807) is 16.9 Å². The van der Waals surface area contributed by atoms with Crippen LogP contribution in [-0.4, -0.2) is 59.5 Å². The lowest BCUT2D eigenvalue weighted by Crippen LogP contribution is -2.44. The molecule has 0 saturated heterocycles. The van der Waals surface area contributed by atoms with E-state index in [1.807, 2.05) is 47.5 Å². The van der Waals surface area contributed by atoms with Crippen LogP contribution in [0.25, 0.3) is 0 Å². The Kier molecular flexibility index (Phi) is 8.54. The lowest BCUT2D eigenvalue weighted by Gasteiger charge is -2.27. The Balaban J connectivity index is 2.10. The van der Waals surface area contributed by atoms with E-state index in [1.165, 1.54) is 11.3 Å². The van der Waals surface area contributed by atoms with Crippen molar-refractivity contribution in [2.75, 3.05) is 33.4 Å². The quantitative estimate of drug-likeness (QED) is 0.592. The predicted octanol–water partition coefficient (Wildman–Crippen LogP) is 3.00. The van der Waals surface area contributed by atoms with E-state index in [4.69, 9.17) is 4.74 Å². The molecule has 0 aliphatic rings. The monoisotopic (exact) mass is 391 g/mol. The fourth-order valence-electron chi connectivity index (χ4n) is 2.77. The van der Waals surface area contributed by atoms with Gasteiger partial charge in [-0.15, -0.1) is 11.3 Å². The van der Waals surface area contributed by atoms with Crippen LogP contribution in [0.15, 0.2) is 35.8 Å². The van der Waals surface area contributed by atoms with Crippen molar-refractivity contribution in [2.45, 2.75) is 26.3 Å². The Morgan fingerprint density at radius 3 is 2.59 bits per heavy atom. The fraction of sp³-hybridized carbons (Fsp3) is 0.500. The largest absolute Gasteiger partial charge is 0.383 e. The average Bonchev–Trinajstić information content (AvgIpc) is 3.33. The fourth-order valence-corrected chi connectivity index (χ4v) is 3.46.